The fourth-order valence-corrected chi connectivity index (χ4v) is 1.65. The molecule has 0 fully saturated rings. The molecule has 5 heteroatoms. The maximum atomic E-state index is 11.1. The van der Waals surface area contributed by atoms with Crippen LogP contribution in [0, 0.1) is 0 Å². The quantitative estimate of drug-likeness (QED) is 0.546. The number of aromatic nitrogens is 2. The lowest BCUT2D eigenvalue weighted by atomic mass is 10.2. The molecule has 0 saturated heterocycles. The van der Waals surface area contributed by atoms with Gasteiger partial charge in [-0.2, -0.15) is 0 Å². The van der Waals surface area contributed by atoms with Crippen LogP contribution in [0.4, 0.5) is 0 Å². The summed E-state index contributed by atoms with van der Waals surface area (Å²) < 4.78 is 0. The molecule has 0 aliphatic carbocycles. The first-order chi connectivity index (χ1) is 7.79. The average molecular weight is 220 g/mol. The Hall–Kier alpha value is -1.59. The molecule has 0 bridgehead atoms. The lowest BCUT2D eigenvalue weighted by molar-refractivity contribution is 0.656. The van der Waals surface area contributed by atoms with Gasteiger partial charge in [-0.05, 0) is 37.2 Å². The van der Waals surface area contributed by atoms with E-state index >= 15 is 0 Å². The van der Waals surface area contributed by atoms with Crippen molar-refractivity contribution in [1.82, 2.24) is 15.3 Å². The molecular weight excluding hydrogens is 204 g/mol. The van der Waals surface area contributed by atoms with Crippen LogP contribution < -0.4 is 16.7 Å². The lowest BCUT2D eigenvalue weighted by Crippen LogP contribution is -2.17. The highest BCUT2D eigenvalue weighted by Crippen LogP contribution is 2.09. The summed E-state index contributed by atoms with van der Waals surface area (Å²) in [5, 5.41) is 3.29. The Labute approximate surface area is 93.1 Å². The van der Waals surface area contributed by atoms with Crippen LogP contribution in [0.3, 0.4) is 0 Å². The number of hydrogen-bond donors (Lipinski definition) is 4. The second-order valence-corrected chi connectivity index (χ2v) is 3.78. The number of rotatable bonds is 5. The fraction of sp³-hybridized carbons (Fsp3) is 0.364. The first kappa shape index (κ1) is 10.9. The highest BCUT2D eigenvalue weighted by molar-refractivity contribution is 5.74. The molecule has 0 amide bonds. The van der Waals surface area contributed by atoms with Crippen molar-refractivity contribution in [1.29, 1.82) is 0 Å². The number of imidazole rings is 1. The molecule has 0 aliphatic rings. The van der Waals surface area contributed by atoms with Gasteiger partial charge in [-0.25, -0.2) is 4.79 Å². The first-order valence-corrected chi connectivity index (χ1v) is 5.41. The molecule has 0 radical (unpaired) electrons. The van der Waals surface area contributed by atoms with Crippen LogP contribution in [0.25, 0.3) is 11.0 Å². The van der Waals surface area contributed by atoms with Crippen LogP contribution in [0.15, 0.2) is 23.0 Å². The van der Waals surface area contributed by atoms with Crippen molar-refractivity contribution in [2.45, 2.75) is 13.0 Å². The van der Waals surface area contributed by atoms with Gasteiger partial charge in [-0.15, -0.1) is 0 Å². The van der Waals surface area contributed by atoms with Crippen LogP contribution in [0.5, 0.6) is 0 Å². The molecule has 1 heterocycles. The van der Waals surface area contributed by atoms with Crippen molar-refractivity contribution >= 4 is 11.0 Å². The molecule has 2 rings (SSSR count). The monoisotopic (exact) mass is 220 g/mol. The van der Waals surface area contributed by atoms with E-state index in [1.807, 2.05) is 18.2 Å². The van der Waals surface area contributed by atoms with Gasteiger partial charge in [-0.1, -0.05) is 6.07 Å². The van der Waals surface area contributed by atoms with Crippen molar-refractivity contribution in [2.24, 2.45) is 5.73 Å². The van der Waals surface area contributed by atoms with E-state index in [0.29, 0.717) is 6.54 Å². The smallest absolute Gasteiger partial charge is 0.323 e. The predicted octanol–water partition coefficient (Wildman–Crippen LogP) is 0.295. The average Bonchev–Trinajstić information content (AvgIpc) is 2.64. The van der Waals surface area contributed by atoms with E-state index in [1.54, 1.807) is 0 Å². The topological polar surface area (TPSA) is 86.7 Å². The standard InChI is InChI=1S/C11H16N4O/c12-4-1-5-13-7-8-2-3-9-10(6-8)15-11(16)14-9/h2-3,6,13H,1,4-5,7,12H2,(H2,14,15,16). The molecule has 0 atom stereocenters. The highest BCUT2D eigenvalue weighted by Gasteiger charge is 1.99. The Morgan fingerprint density at radius 3 is 2.88 bits per heavy atom. The lowest BCUT2D eigenvalue weighted by Gasteiger charge is -2.03. The largest absolute Gasteiger partial charge is 0.330 e. The third kappa shape index (κ3) is 2.50. The van der Waals surface area contributed by atoms with Crippen molar-refractivity contribution in [3.8, 4) is 0 Å². The first-order valence-electron chi connectivity index (χ1n) is 5.41. The summed E-state index contributed by atoms with van der Waals surface area (Å²) in [6.45, 7) is 2.42. The molecular formula is C11H16N4O. The van der Waals surface area contributed by atoms with E-state index in [-0.39, 0.29) is 5.69 Å². The molecule has 5 N–H and O–H groups in total. The van der Waals surface area contributed by atoms with Gasteiger partial charge in [0, 0.05) is 6.54 Å². The summed E-state index contributed by atoms with van der Waals surface area (Å²) >= 11 is 0. The van der Waals surface area contributed by atoms with Crippen molar-refractivity contribution in [3.63, 3.8) is 0 Å². The minimum absolute atomic E-state index is 0.164. The molecule has 0 unspecified atom stereocenters. The molecule has 0 saturated carbocycles. The zero-order valence-corrected chi connectivity index (χ0v) is 9.05. The minimum Gasteiger partial charge on any atom is -0.330 e. The third-order valence-electron chi connectivity index (χ3n) is 2.47. The Morgan fingerprint density at radius 1 is 1.25 bits per heavy atom. The summed E-state index contributed by atoms with van der Waals surface area (Å²) in [5.41, 5.74) is 8.08. The van der Waals surface area contributed by atoms with Gasteiger partial charge in [0.15, 0.2) is 0 Å². The number of hydrogen-bond acceptors (Lipinski definition) is 3. The minimum atomic E-state index is -0.164. The predicted molar refractivity (Wildman–Crippen MR) is 64.3 cm³/mol. The van der Waals surface area contributed by atoms with Crippen LogP contribution in [0.2, 0.25) is 0 Å². The van der Waals surface area contributed by atoms with Crippen LogP contribution >= 0.6 is 0 Å². The van der Waals surface area contributed by atoms with Crippen molar-refractivity contribution in [3.05, 3.63) is 34.2 Å². The Balaban J connectivity index is 2.04. The SMILES string of the molecule is NCCCNCc1ccc2[nH]c(=O)[nH]c2c1. The number of nitrogens with two attached hydrogens (primary N) is 1. The fourth-order valence-electron chi connectivity index (χ4n) is 1.65. The molecule has 5 nitrogen and oxygen atoms in total. The van der Waals surface area contributed by atoms with Gasteiger partial charge in [-0.3, -0.25) is 0 Å². The van der Waals surface area contributed by atoms with Crippen LogP contribution in [0.1, 0.15) is 12.0 Å². The highest BCUT2D eigenvalue weighted by atomic mass is 16.1. The van der Waals surface area contributed by atoms with E-state index in [2.05, 4.69) is 15.3 Å². The normalized spacial score (nSPS) is 11.1. The Kier molecular flexibility index (Phi) is 3.38. The molecule has 0 spiro atoms. The zero-order chi connectivity index (χ0) is 11.4. The van der Waals surface area contributed by atoms with Gasteiger partial charge in [0.1, 0.15) is 0 Å². The van der Waals surface area contributed by atoms with Crippen LogP contribution in [-0.4, -0.2) is 23.1 Å². The zero-order valence-electron chi connectivity index (χ0n) is 9.05. The number of nitrogens with one attached hydrogen (secondary N) is 3. The van der Waals surface area contributed by atoms with Gasteiger partial charge in [0.05, 0.1) is 11.0 Å². The number of fused-ring (bicyclic) bond motifs is 1. The van der Waals surface area contributed by atoms with E-state index in [1.165, 1.54) is 0 Å². The van der Waals surface area contributed by atoms with E-state index < -0.39 is 0 Å². The summed E-state index contributed by atoms with van der Waals surface area (Å²) in [4.78, 5) is 16.5. The second-order valence-electron chi connectivity index (χ2n) is 3.78. The maximum absolute atomic E-state index is 11.1. The van der Waals surface area contributed by atoms with Gasteiger partial charge in [0.25, 0.3) is 0 Å². The Morgan fingerprint density at radius 2 is 2.06 bits per heavy atom. The summed E-state index contributed by atoms with van der Waals surface area (Å²) in [7, 11) is 0. The van der Waals surface area contributed by atoms with Crippen LogP contribution in [-0.2, 0) is 6.54 Å². The number of H-pyrrole nitrogens is 2. The number of aromatic amines is 2. The third-order valence-corrected chi connectivity index (χ3v) is 2.47. The summed E-state index contributed by atoms with van der Waals surface area (Å²) in [6, 6.07) is 5.89. The maximum Gasteiger partial charge on any atom is 0.323 e. The van der Waals surface area contributed by atoms with Gasteiger partial charge in [0.2, 0.25) is 0 Å². The molecule has 0 aliphatic heterocycles. The Bertz CT molecular complexity index is 514. The van der Waals surface area contributed by atoms with Crippen molar-refractivity contribution in [2.75, 3.05) is 13.1 Å². The second kappa shape index (κ2) is 4.96. The summed E-state index contributed by atoms with van der Waals surface area (Å²) in [6.07, 6.45) is 0.975. The van der Waals surface area contributed by atoms with E-state index in [9.17, 15) is 4.79 Å². The van der Waals surface area contributed by atoms with E-state index in [0.717, 1.165) is 36.1 Å². The van der Waals surface area contributed by atoms with Gasteiger partial charge >= 0.3 is 5.69 Å². The number of benzene rings is 1. The molecule has 2 aromatic rings. The summed E-state index contributed by atoms with van der Waals surface area (Å²) in [5.74, 6) is 0. The molecule has 86 valence electrons. The van der Waals surface area contributed by atoms with Gasteiger partial charge < -0.3 is 21.0 Å². The molecule has 1 aromatic carbocycles. The van der Waals surface area contributed by atoms with E-state index in [4.69, 9.17) is 5.73 Å². The molecule has 16 heavy (non-hydrogen) atoms. The molecule has 1 aromatic heterocycles. The van der Waals surface area contributed by atoms with Crippen molar-refractivity contribution < 1.29 is 0 Å².